The van der Waals surface area contributed by atoms with Gasteiger partial charge in [0, 0.05) is 12.7 Å². The minimum atomic E-state index is -3.93. The van der Waals surface area contributed by atoms with Gasteiger partial charge < -0.3 is 19.8 Å². The molecule has 0 bridgehead atoms. The van der Waals surface area contributed by atoms with E-state index in [1.807, 2.05) is 0 Å². The van der Waals surface area contributed by atoms with Crippen LogP contribution < -0.4 is 4.57 Å². The molecule has 1 aromatic rings. The Balaban J connectivity index is 2.20. The Morgan fingerprint density at radius 1 is 1.32 bits per heavy atom. The molecule has 0 radical (unpaired) electrons. The van der Waals surface area contributed by atoms with Crippen molar-refractivity contribution >= 4 is 13.6 Å². The second-order valence-corrected chi connectivity index (χ2v) is 8.64. The normalized spacial score (nSPS) is 29.2. The first-order valence-corrected chi connectivity index (χ1v) is 9.64. The van der Waals surface area contributed by atoms with Gasteiger partial charge in [-0.2, -0.15) is 4.57 Å². The number of pyridine rings is 1. The molecule has 1 aromatic heterocycles. The van der Waals surface area contributed by atoms with Crippen LogP contribution in [0.2, 0.25) is 0 Å². The minimum absolute atomic E-state index is 0.218. The molecular weight excluding hydrogens is 353 g/mol. The van der Waals surface area contributed by atoms with Crippen molar-refractivity contribution in [1.29, 1.82) is 0 Å². The SMILES string of the molecule is CC(C)(C)OC(=O)c1ccc[n+]([C@@H]2O[C@H](OP(C)(=O)O)[C@@H](O)[C@H]2O)c1. The molecule has 1 unspecified atom stereocenters. The molecule has 0 saturated carbocycles. The van der Waals surface area contributed by atoms with E-state index in [0.717, 1.165) is 6.66 Å². The van der Waals surface area contributed by atoms with Crippen LogP contribution in [-0.4, -0.2) is 51.8 Å². The summed E-state index contributed by atoms with van der Waals surface area (Å²) in [6.45, 7) is 6.16. The highest BCUT2D eigenvalue weighted by Gasteiger charge is 2.50. The summed E-state index contributed by atoms with van der Waals surface area (Å²) in [6.07, 6.45) is -2.62. The summed E-state index contributed by atoms with van der Waals surface area (Å²) in [4.78, 5) is 21.4. The van der Waals surface area contributed by atoms with Gasteiger partial charge in [0.25, 0.3) is 6.23 Å². The first-order valence-electron chi connectivity index (χ1n) is 7.62. The molecule has 1 fully saturated rings. The van der Waals surface area contributed by atoms with Gasteiger partial charge in [0.1, 0.15) is 17.3 Å². The average molecular weight is 376 g/mol. The van der Waals surface area contributed by atoms with E-state index in [0.29, 0.717) is 0 Å². The van der Waals surface area contributed by atoms with Gasteiger partial charge in [-0.3, -0.25) is 13.8 Å². The van der Waals surface area contributed by atoms with Crippen LogP contribution in [0.3, 0.4) is 0 Å². The summed E-state index contributed by atoms with van der Waals surface area (Å²) in [5.74, 6) is -0.559. The molecule has 1 aliphatic heterocycles. The molecular formula is C15H23NO8P+. The lowest BCUT2D eigenvalue weighted by atomic mass is 10.2. The lowest BCUT2D eigenvalue weighted by molar-refractivity contribution is -0.767. The molecule has 0 amide bonds. The van der Waals surface area contributed by atoms with E-state index < -0.39 is 43.9 Å². The summed E-state index contributed by atoms with van der Waals surface area (Å²) in [5.41, 5.74) is -0.449. The molecule has 9 nitrogen and oxygen atoms in total. The number of esters is 1. The first kappa shape index (κ1) is 20.0. The van der Waals surface area contributed by atoms with Crippen LogP contribution in [0.1, 0.15) is 37.4 Å². The van der Waals surface area contributed by atoms with Crippen LogP contribution in [0.5, 0.6) is 0 Å². The number of rotatable bonds is 4. The second-order valence-electron chi connectivity index (χ2n) is 6.83. The zero-order valence-corrected chi connectivity index (χ0v) is 15.3. The summed E-state index contributed by atoms with van der Waals surface area (Å²) in [6, 6.07) is 3.08. The van der Waals surface area contributed by atoms with Crippen LogP contribution in [0.25, 0.3) is 0 Å². The van der Waals surface area contributed by atoms with Crippen molar-refractivity contribution in [3.05, 3.63) is 30.1 Å². The Morgan fingerprint density at radius 2 is 1.96 bits per heavy atom. The minimum Gasteiger partial charge on any atom is -0.456 e. The van der Waals surface area contributed by atoms with Crippen molar-refractivity contribution in [2.24, 2.45) is 0 Å². The van der Waals surface area contributed by atoms with Crippen molar-refractivity contribution in [2.45, 2.75) is 51.1 Å². The number of hydrogen-bond acceptors (Lipinski definition) is 7. The predicted octanol–water partition coefficient (Wildman–Crippen LogP) is 0.338. The fraction of sp³-hybridized carbons (Fsp3) is 0.600. The average Bonchev–Trinajstić information content (AvgIpc) is 2.72. The van der Waals surface area contributed by atoms with E-state index in [1.54, 1.807) is 26.8 Å². The molecule has 5 atom stereocenters. The van der Waals surface area contributed by atoms with Crippen molar-refractivity contribution in [3.8, 4) is 0 Å². The molecule has 3 N–H and O–H groups in total. The predicted molar refractivity (Wildman–Crippen MR) is 84.6 cm³/mol. The first-order chi connectivity index (χ1) is 11.4. The van der Waals surface area contributed by atoms with Crippen molar-refractivity contribution in [1.82, 2.24) is 0 Å². The molecule has 0 spiro atoms. The largest absolute Gasteiger partial charge is 0.456 e. The molecule has 1 saturated heterocycles. The highest BCUT2D eigenvalue weighted by molar-refractivity contribution is 7.51. The topological polar surface area (TPSA) is 126 Å². The number of aromatic nitrogens is 1. The van der Waals surface area contributed by atoms with E-state index >= 15 is 0 Å². The molecule has 10 heteroatoms. The fourth-order valence-corrected chi connectivity index (χ4v) is 2.82. The summed E-state index contributed by atoms with van der Waals surface area (Å²) < 4.78 is 28.1. The summed E-state index contributed by atoms with van der Waals surface area (Å²) >= 11 is 0. The maximum Gasteiger partial charge on any atom is 0.344 e. The zero-order chi connectivity index (χ0) is 19.0. The Morgan fingerprint density at radius 3 is 2.52 bits per heavy atom. The lowest BCUT2D eigenvalue weighted by Crippen LogP contribution is -2.46. The number of hydrogen-bond donors (Lipinski definition) is 3. The van der Waals surface area contributed by atoms with Gasteiger partial charge in [-0.15, -0.1) is 0 Å². The Labute approximate surface area is 145 Å². The van der Waals surface area contributed by atoms with E-state index in [1.165, 1.54) is 23.0 Å². The Kier molecular flexibility index (Phi) is 5.68. The van der Waals surface area contributed by atoms with Crippen LogP contribution in [0, 0.1) is 0 Å². The fourth-order valence-electron chi connectivity index (χ4n) is 2.26. The molecule has 2 rings (SSSR count). The van der Waals surface area contributed by atoms with Crippen LogP contribution in [0.15, 0.2) is 24.5 Å². The van der Waals surface area contributed by atoms with Crippen LogP contribution in [-0.2, 0) is 18.6 Å². The molecule has 140 valence electrons. The number of ether oxygens (including phenoxy) is 2. The molecule has 25 heavy (non-hydrogen) atoms. The number of nitrogens with zero attached hydrogens (tertiary/aromatic N) is 1. The van der Waals surface area contributed by atoms with Gasteiger partial charge in [0.15, 0.2) is 18.5 Å². The summed E-state index contributed by atoms with van der Waals surface area (Å²) in [7, 11) is -3.93. The number of aliphatic hydroxyl groups is 2. The van der Waals surface area contributed by atoms with Gasteiger partial charge in [-0.25, -0.2) is 4.79 Å². The second kappa shape index (κ2) is 7.11. The van der Waals surface area contributed by atoms with E-state index in [4.69, 9.17) is 14.0 Å². The van der Waals surface area contributed by atoms with Crippen molar-refractivity contribution in [2.75, 3.05) is 6.66 Å². The van der Waals surface area contributed by atoms with Gasteiger partial charge >= 0.3 is 13.6 Å². The van der Waals surface area contributed by atoms with E-state index in [-0.39, 0.29) is 5.56 Å². The van der Waals surface area contributed by atoms with Gasteiger partial charge in [-0.05, 0) is 26.8 Å². The third-order valence-electron chi connectivity index (χ3n) is 3.24. The maximum atomic E-state index is 12.1. The Bertz CT molecular complexity index is 682. The third kappa shape index (κ3) is 5.31. The van der Waals surface area contributed by atoms with Crippen LogP contribution in [0.4, 0.5) is 0 Å². The van der Waals surface area contributed by atoms with E-state index in [2.05, 4.69) is 0 Å². The van der Waals surface area contributed by atoms with Crippen molar-refractivity contribution < 1.29 is 43.0 Å². The van der Waals surface area contributed by atoms with Gasteiger partial charge in [0.05, 0.1) is 0 Å². The van der Waals surface area contributed by atoms with Crippen molar-refractivity contribution in [3.63, 3.8) is 0 Å². The van der Waals surface area contributed by atoms with E-state index in [9.17, 15) is 24.5 Å². The van der Waals surface area contributed by atoms with Crippen LogP contribution >= 0.6 is 7.60 Å². The van der Waals surface area contributed by atoms with Gasteiger partial charge in [0.2, 0.25) is 6.29 Å². The summed E-state index contributed by atoms with van der Waals surface area (Å²) in [5, 5.41) is 20.1. The maximum absolute atomic E-state index is 12.1. The Hall–Kier alpha value is -1.35. The zero-order valence-electron chi connectivity index (χ0n) is 14.4. The van der Waals surface area contributed by atoms with Gasteiger partial charge in [-0.1, -0.05) is 0 Å². The third-order valence-corrected chi connectivity index (χ3v) is 3.84. The quantitative estimate of drug-likeness (QED) is 0.390. The monoisotopic (exact) mass is 376 g/mol. The molecule has 2 heterocycles. The number of carbonyl (C=O) groups is 1. The smallest absolute Gasteiger partial charge is 0.344 e. The number of aliphatic hydroxyl groups excluding tert-OH is 2. The number of carbonyl (C=O) groups excluding carboxylic acids is 1. The molecule has 0 aliphatic carbocycles. The lowest BCUT2D eigenvalue weighted by Gasteiger charge is -2.19. The standard InChI is InChI=1S/C15H22NO8P/c1-15(2,3)23-13(19)9-6-5-7-16(8-9)12-10(17)11(18)14(22-12)24-25(4,20)21/h5-8,10-12,14,17-18H,1-4H3/p+1/t10-,11+,12-,14-/m1/s1. The highest BCUT2D eigenvalue weighted by Crippen LogP contribution is 2.42. The highest BCUT2D eigenvalue weighted by atomic mass is 31.2. The molecule has 0 aromatic carbocycles. The molecule has 1 aliphatic rings.